The minimum atomic E-state index is -4.44. The maximum atomic E-state index is 14.1. The number of fused-ring (bicyclic) bond motifs is 1. The van der Waals surface area contributed by atoms with Gasteiger partial charge in [0, 0.05) is 19.3 Å². The number of rotatable bonds is 11. The molecule has 3 aromatic heterocycles. The normalized spacial score (nSPS) is 19.0. The van der Waals surface area contributed by atoms with Crippen LogP contribution < -0.4 is 15.8 Å². The molecule has 15 heteroatoms. The molecular weight excluding hydrogens is 579 g/mol. The number of ether oxygens (including phenoxy) is 1. The predicted molar refractivity (Wildman–Crippen MR) is 141 cm³/mol. The number of imidazole rings is 1. The monoisotopic (exact) mass is 612 g/mol. The Labute approximate surface area is 243 Å². The molecule has 3 heterocycles. The minimum absolute atomic E-state index is 0.0527. The maximum absolute atomic E-state index is 14.1. The van der Waals surface area contributed by atoms with Gasteiger partial charge in [0.25, 0.3) is 11.8 Å². The zero-order chi connectivity index (χ0) is 31.1. The molecule has 0 radical (unpaired) electrons. The van der Waals surface area contributed by atoms with Crippen LogP contribution in [0.3, 0.4) is 0 Å². The first-order chi connectivity index (χ1) is 20.2. The van der Waals surface area contributed by atoms with Crippen molar-refractivity contribution in [2.24, 2.45) is 17.6 Å². The fourth-order valence-corrected chi connectivity index (χ4v) is 5.65. The van der Waals surface area contributed by atoms with E-state index in [0.717, 1.165) is 12.8 Å². The highest BCUT2D eigenvalue weighted by molar-refractivity contribution is 5.96. The molecule has 2 aliphatic carbocycles. The first-order valence-electron chi connectivity index (χ1n) is 14.3. The van der Waals surface area contributed by atoms with Crippen molar-refractivity contribution in [3.63, 3.8) is 0 Å². The molecule has 2 saturated carbocycles. The Bertz CT molecular complexity index is 1470. The van der Waals surface area contributed by atoms with Crippen LogP contribution in [0.4, 0.5) is 22.0 Å². The quantitative estimate of drug-likeness (QED) is 0.274. The van der Waals surface area contributed by atoms with Crippen molar-refractivity contribution < 1.29 is 40.8 Å². The second kappa shape index (κ2) is 11.7. The summed E-state index contributed by atoms with van der Waals surface area (Å²) in [6, 6.07) is 1.14. The van der Waals surface area contributed by atoms with E-state index in [0.29, 0.717) is 16.9 Å². The van der Waals surface area contributed by atoms with Crippen LogP contribution in [0.2, 0.25) is 0 Å². The Balaban J connectivity index is 1.49. The van der Waals surface area contributed by atoms with Crippen LogP contribution in [0.25, 0.3) is 5.65 Å². The first-order valence-corrected chi connectivity index (χ1v) is 14.3. The summed E-state index contributed by atoms with van der Waals surface area (Å²) in [6.07, 6.45) is -2.44. The number of hydrogen-bond donors (Lipinski definition) is 2. The van der Waals surface area contributed by atoms with Gasteiger partial charge in [-0.1, -0.05) is 0 Å². The number of halogens is 5. The molecule has 0 saturated heterocycles. The molecule has 3 N–H and O–H groups in total. The highest BCUT2D eigenvalue weighted by Gasteiger charge is 2.43. The van der Waals surface area contributed by atoms with Gasteiger partial charge in [0.1, 0.15) is 5.56 Å². The number of carbonyl (C=O) groups excluding carboxylic acids is 2. The Kier molecular flexibility index (Phi) is 8.36. The molecule has 0 aromatic carbocycles. The van der Waals surface area contributed by atoms with Crippen LogP contribution in [-0.2, 0) is 4.79 Å². The third kappa shape index (κ3) is 7.24. The Morgan fingerprint density at radius 1 is 1.19 bits per heavy atom. The van der Waals surface area contributed by atoms with Crippen molar-refractivity contribution in [2.75, 3.05) is 0 Å². The van der Waals surface area contributed by atoms with Gasteiger partial charge in [-0.15, -0.1) is 0 Å². The molecule has 2 atom stereocenters. The molecular formula is C28H33F5N6O4. The zero-order valence-corrected chi connectivity index (χ0v) is 23.7. The van der Waals surface area contributed by atoms with E-state index in [1.165, 1.54) is 10.7 Å². The molecule has 0 spiro atoms. The highest BCUT2D eigenvalue weighted by atomic mass is 19.4. The summed E-state index contributed by atoms with van der Waals surface area (Å²) in [6.45, 7) is 3.47. The number of nitrogens with one attached hydrogen (secondary N) is 1. The zero-order valence-electron chi connectivity index (χ0n) is 23.7. The van der Waals surface area contributed by atoms with Gasteiger partial charge in [-0.25, -0.2) is 18.3 Å². The van der Waals surface area contributed by atoms with Crippen LogP contribution in [0, 0.1) is 11.8 Å². The molecule has 234 valence electrons. The lowest BCUT2D eigenvalue weighted by molar-refractivity contribution is -0.144. The van der Waals surface area contributed by atoms with Gasteiger partial charge in [0.05, 0.1) is 42.6 Å². The summed E-state index contributed by atoms with van der Waals surface area (Å²) in [5.41, 5.74) is 6.92. The van der Waals surface area contributed by atoms with E-state index in [-0.39, 0.29) is 54.9 Å². The topological polar surface area (TPSA) is 138 Å². The molecule has 5 rings (SSSR count). The van der Waals surface area contributed by atoms with E-state index in [2.05, 4.69) is 15.6 Å². The molecule has 2 fully saturated rings. The SMILES string of the molecule is CC(C)Oc1noc([C@H](c2cn3ncc([C@H](NC(=O)CCC(F)(F)F)C4CC4)cc3n2)C2CCC(F)(F)CC2)c1C(N)=O. The van der Waals surface area contributed by atoms with E-state index >= 15 is 0 Å². The summed E-state index contributed by atoms with van der Waals surface area (Å²) in [5, 5.41) is 11.0. The van der Waals surface area contributed by atoms with Gasteiger partial charge >= 0.3 is 6.18 Å². The molecule has 2 aliphatic rings. The van der Waals surface area contributed by atoms with E-state index in [4.69, 9.17) is 20.0 Å². The van der Waals surface area contributed by atoms with Gasteiger partial charge in [-0.05, 0) is 68.2 Å². The Morgan fingerprint density at radius 3 is 2.49 bits per heavy atom. The van der Waals surface area contributed by atoms with E-state index in [9.17, 15) is 31.5 Å². The number of nitrogens with two attached hydrogens (primary N) is 1. The van der Waals surface area contributed by atoms with Crippen LogP contribution in [0.15, 0.2) is 23.0 Å². The summed E-state index contributed by atoms with van der Waals surface area (Å²) in [4.78, 5) is 29.6. The molecule has 0 unspecified atom stereocenters. The number of alkyl halides is 5. The van der Waals surface area contributed by atoms with E-state index in [1.807, 2.05) is 0 Å². The maximum Gasteiger partial charge on any atom is 0.389 e. The summed E-state index contributed by atoms with van der Waals surface area (Å²) in [7, 11) is 0. The number of aromatic nitrogens is 4. The number of nitrogens with zero attached hydrogens (tertiary/aromatic N) is 4. The van der Waals surface area contributed by atoms with E-state index in [1.54, 1.807) is 26.1 Å². The fraction of sp³-hybridized carbons (Fsp3) is 0.607. The molecule has 2 amide bonds. The molecule has 3 aromatic rings. The van der Waals surface area contributed by atoms with E-state index < -0.39 is 54.6 Å². The second-order valence-electron chi connectivity index (χ2n) is 11.7. The van der Waals surface area contributed by atoms with Gasteiger partial charge in [-0.3, -0.25) is 9.59 Å². The average molecular weight is 613 g/mol. The summed E-state index contributed by atoms with van der Waals surface area (Å²) >= 11 is 0. The smallest absolute Gasteiger partial charge is 0.389 e. The molecule has 43 heavy (non-hydrogen) atoms. The lowest BCUT2D eigenvalue weighted by Gasteiger charge is -2.32. The number of carbonyl (C=O) groups is 2. The van der Waals surface area contributed by atoms with Crippen molar-refractivity contribution in [3.8, 4) is 5.88 Å². The largest absolute Gasteiger partial charge is 0.472 e. The van der Waals surface area contributed by atoms with Gasteiger partial charge in [0.15, 0.2) is 11.4 Å². The number of amides is 2. The number of hydrogen-bond acceptors (Lipinski definition) is 7. The first kappa shape index (κ1) is 30.7. The van der Waals surface area contributed by atoms with Crippen LogP contribution >= 0.6 is 0 Å². The average Bonchev–Trinajstić information content (AvgIpc) is 3.54. The van der Waals surface area contributed by atoms with Crippen LogP contribution in [0.5, 0.6) is 5.88 Å². The summed E-state index contributed by atoms with van der Waals surface area (Å²) in [5.74, 6) is -5.52. The molecule has 0 aliphatic heterocycles. The van der Waals surface area contributed by atoms with Crippen LogP contribution in [-0.4, -0.2) is 49.8 Å². The molecule has 0 bridgehead atoms. The van der Waals surface area contributed by atoms with Gasteiger partial charge in [-0.2, -0.15) is 18.3 Å². The minimum Gasteiger partial charge on any atom is -0.472 e. The standard InChI is InChI=1S/C28H33F5N6O4/c1-14(2)42-26-22(25(34)41)24(43-38-26)21(15-5-8-27(29,30)9-6-15)18-13-39-19(36-18)11-17(12-35-39)23(16-3-4-16)37-20(40)7-10-28(31,32)33/h11-16,21,23H,3-10H2,1-2H3,(H2,34,41)(H,37,40)/t21-,23+/m0/s1. The lowest BCUT2D eigenvalue weighted by atomic mass is 9.75. The van der Waals surface area contributed by atoms with Crippen molar-refractivity contribution in [3.05, 3.63) is 41.0 Å². The Morgan fingerprint density at radius 2 is 1.88 bits per heavy atom. The third-order valence-corrected chi connectivity index (χ3v) is 7.88. The third-order valence-electron chi connectivity index (χ3n) is 7.88. The van der Waals surface area contributed by atoms with Crippen molar-refractivity contribution in [1.29, 1.82) is 0 Å². The summed E-state index contributed by atoms with van der Waals surface area (Å²) < 4.78 is 78.8. The van der Waals surface area contributed by atoms with Gasteiger partial charge < -0.3 is 20.3 Å². The second-order valence-corrected chi connectivity index (χ2v) is 11.7. The number of primary amides is 1. The van der Waals surface area contributed by atoms with Crippen molar-refractivity contribution in [1.82, 2.24) is 25.1 Å². The highest BCUT2D eigenvalue weighted by Crippen LogP contribution is 2.47. The van der Waals surface area contributed by atoms with Crippen molar-refractivity contribution in [2.45, 2.75) is 95.4 Å². The fourth-order valence-electron chi connectivity index (χ4n) is 5.65. The predicted octanol–water partition coefficient (Wildman–Crippen LogP) is 5.47. The lowest BCUT2D eigenvalue weighted by Crippen LogP contribution is -2.30. The van der Waals surface area contributed by atoms with Gasteiger partial charge in [0.2, 0.25) is 11.8 Å². The van der Waals surface area contributed by atoms with Crippen LogP contribution in [0.1, 0.15) is 105 Å². The Hall–Kier alpha value is -3.78. The molecule has 10 nitrogen and oxygen atoms in total. The van der Waals surface area contributed by atoms with Crippen molar-refractivity contribution >= 4 is 17.5 Å².